The van der Waals surface area contributed by atoms with Crippen LogP contribution in [0.2, 0.25) is 0 Å². The van der Waals surface area contributed by atoms with Crippen LogP contribution >= 0.6 is 0 Å². The average Bonchev–Trinajstić information content (AvgIpc) is 2.97. The fourth-order valence-electron chi connectivity index (χ4n) is 5.08. The van der Waals surface area contributed by atoms with Crippen LogP contribution in [0.1, 0.15) is 49.4 Å². The maximum Gasteiger partial charge on any atom is 0.264 e. The lowest BCUT2D eigenvalue weighted by molar-refractivity contribution is -0.140. The molecule has 0 aliphatic heterocycles. The molecule has 44 heavy (non-hydrogen) atoms. The molecule has 3 rings (SSSR count). The number of amides is 2. The van der Waals surface area contributed by atoms with Crippen LogP contribution in [0.3, 0.4) is 0 Å². The van der Waals surface area contributed by atoms with E-state index in [1.165, 1.54) is 37.3 Å². The molecule has 0 unspecified atom stereocenters. The highest BCUT2D eigenvalue weighted by molar-refractivity contribution is 7.92. The molecule has 10 heteroatoms. The minimum atomic E-state index is -4.28. The quantitative estimate of drug-likeness (QED) is 0.258. The number of aryl methyl sites for hydroxylation is 3. The highest BCUT2D eigenvalue weighted by atomic mass is 32.2. The predicted octanol–water partition coefficient (Wildman–Crippen LogP) is 5.40. The molecule has 238 valence electrons. The molecule has 9 nitrogen and oxygen atoms in total. The van der Waals surface area contributed by atoms with Crippen molar-refractivity contribution in [1.82, 2.24) is 10.2 Å². The van der Waals surface area contributed by atoms with Crippen LogP contribution in [0.4, 0.5) is 5.69 Å². The third kappa shape index (κ3) is 8.53. The minimum Gasteiger partial charge on any atom is -0.493 e. The second-order valence-corrected chi connectivity index (χ2v) is 13.3. The van der Waals surface area contributed by atoms with Gasteiger partial charge >= 0.3 is 0 Å². The lowest BCUT2D eigenvalue weighted by atomic mass is 10.1. The lowest BCUT2D eigenvalue weighted by Crippen LogP contribution is -2.52. The van der Waals surface area contributed by atoms with Gasteiger partial charge in [-0.1, -0.05) is 56.7 Å². The van der Waals surface area contributed by atoms with E-state index in [0.29, 0.717) is 24.4 Å². The SMILES string of the molecule is CC[C@@H](C(=O)NCC(C)C)N(Cc1cccc(C)c1)C(=O)CN(c1cc(C)cc(C)c1)S(=O)(=O)c1ccc(OC)c(OC)c1. The van der Waals surface area contributed by atoms with Crippen LogP contribution in [0.25, 0.3) is 0 Å². The number of nitrogens with zero attached hydrogens (tertiary/aromatic N) is 2. The van der Waals surface area contributed by atoms with E-state index in [2.05, 4.69) is 5.32 Å². The molecule has 0 heterocycles. The molecule has 0 fully saturated rings. The highest BCUT2D eigenvalue weighted by Crippen LogP contribution is 2.33. The zero-order valence-corrected chi connectivity index (χ0v) is 27.8. The highest BCUT2D eigenvalue weighted by Gasteiger charge is 2.34. The van der Waals surface area contributed by atoms with E-state index in [1.54, 1.807) is 12.1 Å². The Morgan fingerprint density at radius 3 is 2.09 bits per heavy atom. The maximum atomic E-state index is 14.3. The van der Waals surface area contributed by atoms with E-state index < -0.39 is 28.5 Å². The van der Waals surface area contributed by atoms with Gasteiger partial charge in [0.2, 0.25) is 11.8 Å². The number of anilines is 1. The van der Waals surface area contributed by atoms with Gasteiger partial charge in [-0.3, -0.25) is 13.9 Å². The molecular weight excluding hydrogens is 578 g/mol. The Bertz CT molecular complexity index is 1550. The van der Waals surface area contributed by atoms with Gasteiger partial charge in [0.1, 0.15) is 12.6 Å². The summed E-state index contributed by atoms with van der Waals surface area (Å²) in [6.45, 7) is 11.6. The number of rotatable bonds is 14. The van der Waals surface area contributed by atoms with E-state index in [4.69, 9.17) is 9.47 Å². The first-order chi connectivity index (χ1) is 20.8. The van der Waals surface area contributed by atoms with Gasteiger partial charge in [0.05, 0.1) is 24.8 Å². The van der Waals surface area contributed by atoms with Gasteiger partial charge in [-0.05, 0) is 74.1 Å². The first-order valence-electron chi connectivity index (χ1n) is 14.8. The third-order valence-electron chi connectivity index (χ3n) is 7.22. The molecular formula is C34H45N3O6S. The van der Waals surface area contributed by atoms with Crippen LogP contribution in [0.5, 0.6) is 11.5 Å². The number of methoxy groups -OCH3 is 2. The van der Waals surface area contributed by atoms with E-state index in [9.17, 15) is 18.0 Å². The largest absolute Gasteiger partial charge is 0.493 e. The first kappa shape index (κ1) is 34.4. The normalized spacial score (nSPS) is 12.0. The Morgan fingerprint density at radius 1 is 0.864 bits per heavy atom. The van der Waals surface area contributed by atoms with Gasteiger partial charge in [0.25, 0.3) is 10.0 Å². The number of benzene rings is 3. The summed E-state index contributed by atoms with van der Waals surface area (Å²) in [7, 11) is -1.38. The fraction of sp³-hybridized carbons (Fsp3) is 0.412. The summed E-state index contributed by atoms with van der Waals surface area (Å²) in [6, 6.07) is 16.6. The Hall–Kier alpha value is -4.05. The number of sulfonamides is 1. The van der Waals surface area contributed by atoms with Crippen molar-refractivity contribution in [2.45, 2.75) is 65.4 Å². The summed E-state index contributed by atoms with van der Waals surface area (Å²) in [4.78, 5) is 29.2. The van der Waals surface area contributed by atoms with Crippen molar-refractivity contribution in [3.05, 3.63) is 82.9 Å². The second kappa shape index (κ2) is 15.1. The minimum absolute atomic E-state index is 0.0611. The van der Waals surface area contributed by atoms with Gasteiger partial charge in [-0.25, -0.2) is 8.42 Å². The Kier molecular flexibility index (Phi) is 11.8. The molecule has 0 aliphatic rings. The number of nitrogens with one attached hydrogen (secondary N) is 1. The van der Waals surface area contributed by atoms with Crippen LogP contribution in [0, 0.1) is 26.7 Å². The van der Waals surface area contributed by atoms with Crippen molar-refractivity contribution in [1.29, 1.82) is 0 Å². The topological polar surface area (TPSA) is 105 Å². The molecule has 1 atom stereocenters. The predicted molar refractivity (Wildman–Crippen MR) is 174 cm³/mol. The van der Waals surface area contributed by atoms with E-state index in [0.717, 1.165) is 26.6 Å². The molecule has 0 bridgehead atoms. The van der Waals surface area contributed by atoms with Crippen LogP contribution < -0.4 is 19.1 Å². The molecule has 2 amide bonds. The van der Waals surface area contributed by atoms with E-state index >= 15 is 0 Å². The monoisotopic (exact) mass is 623 g/mol. The summed E-state index contributed by atoms with van der Waals surface area (Å²) in [5, 5.41) is 2.95. The van der Waals surface area contributed by atoms with Crippen molar-refractivity contribution in [3.8, 4) is 11.5 Å². The summed E-state index contributed by atoms with van der Waals surface area (Å²) >= 11 is 0. The molecule has 3 aromatic rings. The smallest absolute Gasteiger partial charge is 0.264 e. The summed E-state index contributed by atoms with van der Waals surface area (Å²) < 4.78 is 40.4. The fourth-order valence-corrected chi connectivity index (χ4v) is 6.49. The zero-order chi connectivity index (χ0) is 32.6. The molecule has 0 radical (unpaired) electrons. The summed E-state index contributed by atoms with van der Waals surface area (Å²) in [6.07, 6.45) is 0.355. The molecule has 1 N–H and O–H groups in total. The van der Waals surface area contributed by atoms with Gasteiger partial charge in [0, 0.05) is 19.2 Å². The zero-order valence-electron chi connectivity index (χ0n) is 27.0. The van der Waals surface area contributed by atoms with E-state index in [-0.39, 0.29) is 29.0 Å². The van der Waals surface area contributed by atoms with Crippen LogP contribution in [-0.4, -0.2) is 58.5 Å². The standard InChI is InChI=1S/C34H45N3O6S/c1-9-30(34(39)35-20-23(2)3)36(21-27-12-10-11-24(4)16-27)33(38)22-37(28-17-25(5)15-26(6)18-28)44(40,41)29-13-14-31(42-7)32(19-29)43-8/h10-19,23,30H,9,20-22H2,1-8H3,(H,35,39)/t30-/m0/s1. The van der Waals surface area contributed by atoms with E-state index in [1.807, 2.05) is 71.9 Å². The molecule has 3 aromatic carbocycles. The Labute approximate surface area is 262 Å². The van der Waals surface area contributed by atoms with Gasteiger partial charge in [0.15, 0.2) is 11.5 Å². The van der Waals surface area contributed by atoms with Crippen LogP contribution in [0.15, 0.2) is 65.6 Å². The first-order valence-corrected chi connectivity index (χ1v) is 16.2. The van der Waals surface area contributed by atoms with Crippen molar-refractivity contribution in [2.24, 2.45) is 5.92 Å². The number of hydrogen-bond donors (Lipinski definition) is 1. The Balaban J connectivity index is 2.13. The number of carbonyl (C=O) groups excluding carboxylic acids is 2. The number of hydrogen-bond acceptors (Lipinski definition) is 6. The van der Waals surface area contributed by atoms with Gasteiger partial charge < -0.3 is 19.7 Å². The lowest BCUT2D eigenvalue weighted by Gasteiger charge is -2.33. The summed E-state index contributed by atoms with van der Waals surface area (Å²) in [5.74, 6) is 0.0745. The molecule has 0 saturated carbocycles. The average molecular weight is 624 g/mol. The van der Waals surface area contributed by atoms with Crippen molar-refractivity contribution < 1.29 is 27.5 Å². The molecule has 0 aromatic heterocycles. The van der Waals surface area contributed by atoms with Crippen molar-refractivity contribution in [3.63, 3.8) is 0 Å². The van der Waals surface area contributed by atoms with Crippen LogP contribution in [-0.2, 0) is 26.2 Å². The van der Waals surface area contributed by atoms with Crippen molar-refractivity contribution in [2.75, 3.05) is 31.6 Å². The summed E-state index contributed by atoms with van der Waals surface area (Å²) in [5.41, 5.74) is 3.89. The van der Waals surface area contributed by atoms with Gasteiger partial charge in [-0.2, -0.15) is 0 Å². The third-order valence-corrected chi connectivity index (χ3v) is 8.99. The van der Waals surface area contributed by atoms with Gasteiger partial charge in [-0.15, -0.1) is 0 Å². The number of carbonyl (C=O) groups is 2. The van der Waals surface area contributed by atoms with Crippen molar-refractivity contribution >= 4 is 27.5 Å². The second-order valence-electron chi connectivity index (χ2n) is 11.4. The molecule has 0 spiro atoms. The number of ether oxygens (including phenoxy) is 2. The maximum absolute atomic E-state index is 14.3. The molecule has 0 aliphatic carbocycles. The Morgan fingerprint density at radius 2 is 1.52 bits per heavy atom. The molecule has 0 saturated heterocycles.